The first-order chi connectivity index (χ1) is 17.3. The lowest BCUT2D eigenvalue weighted by molar-refractivity contribution is -0.142. The fraction of sp³-hybridized carbons (Fsp3) is 0.385. The molecule has 2 saturated heterocycles. The number of hydrogen-bond donors (Lipinski definition) is 3. The summed E-state index contributed by atoms with van der Waals surface area (Å²) in [5.74, 6) is -2.18. The van der Waals surface area contributed by atoms with Crippen LogP contribution in [-0.2, 0) is 31.1 Å². The molecule has 4 N–H and O–H groups in total. The largest absolute Gasteiger partial charge is 0.493 e. The Morgan fingerprint density at radius 2 is 1.81 bits per heavy atom. The summed E-state index contributed by atoms with van der Waals surface area (Å²) in [6.07, 6.45) is 0.690. The molecule has 0 bridgehead atoms. The molecule has 3 aliphatic heterocycles. The molecule has 0 unspecified atom stereocenters. The van der Waals surface area contributed by atoms with Crippen molar-refractivity contribution in [2.24, 2.45) is 17.6 Å². The number of rotatable bonds is 8. The van der Waals surface area contributed by atoms with Crippen LogP contribution in [0.3, 0.4) is 0 Å². The number of nitrogens with two attached hydrogens (primary N) is 1. The first-order valence-corrected chi connectivity index (χ1v) is 11.8. The van der Waals surface area contributed by atoms with Gasteiger partial charge in [0.2, 0.25) is 23.6 Å². The average Bonchev–Trinajstić information content (AvgIpc) is 3.45. The van der Waals surface area contributed by atoms with Gasteiger partial charge in [-0.3, -0.25) is 29.4 Å². The maximum atomic E-state index is 13.8. The number of likely N-dealkylation sites (tertiary alicyclic amines) is 1. The zero-order chi connectivity index (χ0) is 25.6. The van der Waals surface area contributed by atoms with E-state index in [2.05, 4.69) is 10.6 Å². The van der Waals surface area contributed by atoms with E-state index < -0.39 is 35.2 Å². The third-order valence-corrected chi connectivity index (χ3v) is 7.49. The third-order valence-electron chi connectivity index (χ3n) is 7.49. The number of para-hydroxylation sites is 1. The molecule has 36 heavy (non-hydrogen) atoms. The van der Waals surface area contributed by atoms with Gasteiger partial charge in [-0.2, -0.15) is 0 Å². The number of methoxy groups -OCH3 is 2. The monoisotopic (exact) mass is 492 g/mol. The highest BCUT2D eigenvalue weighted by Crippen LogP contribution is 2.53. The van der Waals surface area contributed by atoms with E-state index in [0.717, 1.165) is 5.56 Å². The van der Waals surface area contributed by atoms with Crippen LogP contribution in [0.5, 0.6) is 11.5 Å². The molecule has 3 heterocycles. The van der Waals surface area contributed by atoms with Gasteiger partial charge in [-0.15, -0.1) is 0 Å². The van der Waals surface area contributed by atoms with Crippen LogP contribution in [0.1, 0.15) is 24.0 Å². The van der Waals surface area contributed by atoms with Gasteiger partial charge in [0.1, 0.15) is 5.54 Å². The molecule has 0 aliphatic carbocycles. The number of hydrogen-bond acceptors (Lipinski definition) is 7. The molecule has 10 nitrogen and oxygen atoms in total. The van der Waals surface area contributed by atoms with Gasteiger partial charge in [0.05, 0.1) is 26.1 Å². The van der Waals surface area contributed by atoms with Gasteiger partial charge < -0.3 is 20.5 Å². The van der Waals surface area contributed by atoms with Crippen molar-refractivity contribution >= 4 is 29.3 Å². The van der Waals surface area contributed by atoms with Crippen LogP contribution in [-0.4, -0.2) is 55.3 Å². The van der Waals surface area contributed by atoms with E-state index in [4.69, 9.17) is 15.2 Å². The minimum Gasteiger partial charge on any atom is -0.493 e. The summed E-state index contributed by atoms with van der Waals surface area (Å²) in [7, 11) is 3.09. The quantitative estimate of drug-likeness (QED) is 0.466. The van der Waals surface area contributed by atoms with Gasteiger partial charge in [0, 0.05) is 30.3 Å². The summed E-state index contributed by atoms with van der Waals surface area (Å²) in [4.78, 5) is 53.6. The number of ether oxygens (including phenoxy) is 2. The van der Waals surface area contributed by atoms with E-state index in [1.54, 1.807) is 44.6 Å². The Morgan fingerprint density at radius 3 is 2.53 bits per heavy atom. The second-order valence-corrected chi connectivity index (χ2v) is 9.33. The van der Waals surface area contributed by atoms with Crippen molar-refractivity contribution in [1.82, 2.24) is 10.2 Å². The molecule has 2 aromatic carbocycles. The van der Waals surface area contributed by atoms with Crippen molar-refractivity contribution in [2.75, 3.05) is 26.1 Å². The predicted octanol–water partition coefficient (Wildman–Crippen LogP) is 0.932. The summed E-state index contributed by atoms with van der Waals surface area (Å²) in [6.45, 7) is 0.155. The van der Waals surface area contributed by atoms with Gasteiger partial charge in [0.25, 0.3) is 0 Å². The van der Waals surface area contributed by atoms with Gasteiger partial charge >= 0.3 is 0 Å². The third kappa shape index (κ3) is 3.51. The van der Waals surface area contributed by atoms with Crippen LogP contribution in [0.25, 0.3) is 0 Å². The second kappa shape index (κ2) is 8.94. The standard InChI is InChI=1S/C26H28N4O6/c1-35-18-9-7-14(13-19(18)36-2)11-12-30-23(32)21-17(8-10-20(27)31)29-26(22(21)24(30)33)15-5-3-4-6-16(15)28-25(26)34/h3-7,9,13,17,21-22,29H,8,10-12H2,1-2H3,(H2,27,31)(H,28,34)/t17-,21-,22+,26-/m1/s1. The molecule has 3 aliphatic rings. The fourth-order valence-electron chi connectivity index (χ4n) is 5.86. The summed E-state index contributed by atoms with van der Waals surface area (Å²) in [6, 6.07) is 12.0. The highest BCUT2D eigenvalue weighted by atomic mass is 16.5. The highest BCUT2D eigenvalue weighted by Gasteiger charge is 2.70. The van der Waals surface area contributed by atoms with E-state index in [1.807, 2.05) is 12.1 Å². The Morgan fingerprint density at radius 1 is 1.06 bits per heavy atom. The van der Waals surface area contributed by atoms with E-state index in [9.17, 15) is 19.2 Å². The fourth-order valence-corrected chi connectivity index (χ4v) is 5.86. The number of primary amides is 1. The summed E-state index contributed by atoms with van der Waals surface area (Å²) in [5.41, 5.74) is 6.10. The number of fused-ring (bicyclic) bond motifs is 4. The number of nitrogens with zero attached hydrogens (tertiary/aromatic N) is 1. The van der Waals surface area contributed by atoms with Crippen LogP contribution in [0, 0.1) is 11.8 Å². The van der Waals surface area contributed by atoms with E-state index in [1.165, 1.54) is 4.90 Å². The van der Waals surface area contributed by atoms with Crippen molar-refractivity contribution < 1.29 is 28.7 Å². The van der Waals surface area contributed by atoms with Crippen LogP contribution < -0.4 is 25.8 Å². The van der Waals surface area contributed by atoms with E-state index in [-0.39, 0.29) is 31.2 Å². The van der Waals surface area contributed by atoms with Crippen molar-refractivity contribution in [3.8, 4) is 11.5 Å². The van der Waals surface area contributed by atoms with Gasteiger partial charge in [0.15, 0.2) is 11.5 Å². The predicted molar refractivity (Wildman–Crippen MR) is 129 cm³/mol. The second-order valence-electron chi connectivity index (χ2n) is 9.33. The lowest BCUT2D eigenvalue weighted by Gasteiger charge is -2.29. The number of nitrogens with one attached hydrogen (secondary N) is 2. The zero-order valence-corrected chi connectivity index (χ0v) is 20.1. The number of imide groups is 1. The van der Waals surface area contributed by atoms with Crippen molar-refractivity contribution in [3.63, 3.8) is 0 Å². The molecular formula is C26H28N4O6. The lowest BCUT2D eigenvalue weighted by atomic mass is 9.76. The Kier molecular flexibility index (Phi) is 5.91. The minimum absolute atomic E-state index is 0.0351. The van der Waals surface area contributed by atoms with Crippen LogP contribution in [0.4, 0.5) is 5.69 Å². The SMILES string of the molecule is COc1ccc(CCN2C(=O)[C@H]3[C@@H](C2=O)[C@@]2(N[C@@H]3CCC(N)=O)C(=O)Nc3ccccc32)cc1OC. The number of carbonyl (C=O) groups is 4. The van der Waals surface area contributed by atoms with Crippen molar-refractivity contribution in [2.45, 2.75) is 30.8 Å². The molecule has 1 spiro atoms. The first kappa shape index (κ1) is 23.8. The Bertz CT molecular complexity index is 1260. The smallest absolute Gasteiger partial charge is 0.250 e. The highest BCUT2D eigenvalue weighted by molar-refractivity contribution is 6.15. The zero-order valence-electron chi connectivity index (χ0n) is 20.1. The van der Waals surface area contributed by atoms with Crippen molar-refractivity contribution in [3.05, 3.63) is 53.6 Å². The van der Waals surface area contributed by atoms with Gasteiger partial charge in [-0.1, -0.05) is 24.3 Å². The Balaban J connectivity index is 1.46. The molecule has 188 valence electrons. The molecule has 0 aromatic heterocycles. The molecule has 2 fully saturated rings. The Labute approximate surface area is 208 Å². The van der Waals surface area contributed by atoms with Crippen LogP contribution in [0.15, 0.2) is 42.5 Å². The maximum Gasteiger partial charge on any atom is 0.250 e. The number of benzene rings is 2. The lowest BCUT2D eigenvalue weighted by Crippen LogP contribution is -2.53. The molecule has 2 aromatic rings. The summed E-state index contributed by atoms with van der Waals surface area (Å²) in [5, 5.41) is 6.15. The van der Waals surface area contributed by atoms with Gasteiger partial charge in [-0.05, 0) is 36.6 Å². The van der Waals surface area contributed by atoms with E-state index >= 15 is 0 Å². The normalized spacial score (nSPS) is 26.2. The maximum absolute atomic E-state index is 13.8. The van der Waals surface area contributed by atoms with Crippen molar-refractivity contribution in [1.29, 1.82) is 0 Å². The summed E-state index contributed by atoms with van der Waals surface area (Å²) >= 11 is 0. The summed E-state index contributed by atoms with van der Waals surface area (Å²) < 4.78 is 10.6. The molecule has 10 heteroatoms. The van der Waals surface area contributed by atoms with E-state index in [0.29, 0.717) is 29.2 Å². The first-order valence-electron chi connectivity index (χ1n) is 11.8. The average molecular weight is 493 g/mol. The molecular weight excluding hydrogens is 464 g/mol. The molecule has 0 saturated carbocycles. The topological polar surface area (TPSA) is 140 Å². The Hall–Kier alpha value is -3.92. The molecule has 4 amide bonds. The number of amides is 4. The minimum atomic E-state index is -1.38. The molecule has 0 radical (unpaired) electrons. The molecule has 4 atom stereocenters. The van der Waals surface area contributed by atoms with Crippen LogP contribution >= 0.6 is 0 Å². The van der Waals surface area contributed by atoms with Gasteiger partial charge in [-0.25, -0.2) is 0 Å². The number of carbonyl (C=O) groups excluding carboxylic acids is 4. The molecule has 5 rings (SSSR count). The van der Waals surface area contributed by atoms with Crippen LogP contribution in [0.2, 0.25) is 0 Å². The number of anilines is 1.